The summed E-state index contributed by atoms with van der Waals surface area (Å²) >= 11 is 0. The third-order valence-corrected chi connectivity index (χ3v) is 1.96. The molecular formula is C9H10N4O2. The van der Waals surface area contributed by atoms with Crippen LogP contribution < -0.4 is 5.73 Å². The third kappa shape index (κ3) is 2.18. The molecule has 0 radical (unpaired) electrons. The molecule has 0 amide bonds. The molecule has 0 aromatic heterocycles. The van der Waals surface area contributed by atoms with Crippen molar-refractivity contribution < 1.29 is 9.53 Å². The molecule has 1 aromatic carbocycles. The molecule has 0 aliphatic heterocycles. The Morgan fingerprint density at radius 1 is 1.60 bits per heavy atom. The van der Waals surface area contributed by atoms with E-state index in [1.807, 2.05) is 0 Å². The molecule has 1 aromatic rings. The SMILES string of the molecule is COC(=O)c1cc(N)cc(N=[N+]=[N-])c1C. The molecule has 0 spiro atoms. The lowest BCUT2D eigenvalue weighted by Gasteiger charge is -2.07. The Bertz CT molecular complexity index is 450. The first-order valence-corrected chi connectivity index (χ1v) is 4.13. The molecule has 0 aliphatic rings. The van der Waals surface area contributed by atoms with Gasteiger partial charge in [0.2, 0.25) is 0 Å². The van der Waals surface area contributed by atoms with Crippen LogP contribution in [-0.4, -0.2) is 13.1 Å². The van der Waals surface area contributed by atoms with Crippen molar-refractivity contribution in [2.75, 3.05) is 12.8 Å². The Balaban J connectivity index is 3.40. The quantitative estimate of drug-likeness (QED) is 0.264. The van der Waals surface area contributed by atoms with Crippen LogP contribution in [0.25, 0.3) is 10.4 Å². The second kappa shape index (κ2) is 4.34. The molecule has 0 saturated carbocycles. The minimum Gasteiger partial charge on any atom is -0.465 e. The van der Waals surface area contributed by atoms with Crippen molar-refractivity contribution in [2.45, 2.75) is 6.92 Å². The first-order valence-electron chi connectivity index (χ1n) is 4.13. The van der Waals surface area contributed by atoms with Gasteiger partial charge in [-0.15, -0.1) is 0 Å². The number of methoxy groups -OCH3 is 1. The number of ether oxygens (including phenoxy) is 1. The molecule has 15 heavy (non-hydrogen) atoms. The number of anilines is 1. The molecule has 0 aliphatic carbocycles. The van der Waals surface area contributed by atoms with Crippen LogP contribution in [0.1, 0.15) is 15.9 Å². The Labute approximate surface area is 86.3 Å². The Morgan fingerprint density at radius 2 is 2.27 bits per heavy atom. The molecule has 2 N–H and O–H groups in total. The van der Waals surface area contributed by atoms with E-state index in [0.717, 1.165) is 0 Å². The van der Waals surface area contributed by atoms with Gasteiger partial charge in [-0.05, 0) is 30.2 Å². The number of hydrogen-bond donors (Lipinski definition) is 1. The normalized spacial score (nSPS) is 9.20. The highest BCUT2D eigenvalue weighted by Crippen LogP contribution is 2.26. The van der Waals surface area contributed by atoms with E-state index in [9.17, 15) is 4.79 Å². The van der Waals surface area contributed by atoms with Gasteiger partial charge in [-0.2, -0.15) is 0 Å². The van der Waals surface area contributed by atoms with Gasteiger partial charge in [0.25, 0.3) is 0 Å². The maximum absolute atomic E-state index is 11.3. The number of nitrogens with zero attached hydrogens (tertiary/aromatic N) is 3. The maximum atomic E-state index is 11.3. The van der Waals surface area contributed by atoms with Crippen LogP contribution in [-0.2, 0) is 4.74 Å². The van der Waals surface area contributed by atoms with Gasteiger partial charge in [-0.25, -0.2) is 4.79 Å². The standard InChI is InChI=1S/C9H10N4O2/c1-5-7(9(14)15-2)3-6(10)4-8(5)12-13-11/h3-4H,10H2,1-2H3. The van der Waals surface area contributed by atoms with Crippen LogP contribution >= 0.6 is 0 Å². The number of azide groups is 1. The first-order chi connectivity index (χ1) is 7.10. The summed E-state index contributed by atoms with van der Waals surface area (Å²) in [5, 5.41) is 3.44. The van der Waals surface area contributed by atoms with Crippen LogP contribution in [0.15, 0.2) is 17.2 Å². The van der Waals surface area contributed by atoms with Gasteiger partial charge in [-0.1, -0.05) is 5.11 Å². The van der Waals surface area contributed by atoms with Gasteiger partial charge in [0, 0.05) is 16.3 Å². The predicted molar refractivity (Wildman–Crippen MR) is 55.7 cm³/mol. The van der Waals surface area contributed by atoms with Crippen molar-refractivity contribution in [3.8, 4) is 0 Å². The van der Waals surface area contributed by atoms with E-state index < -0.39 is 5.97 Å². The number of carbonyl (C=O) groups is 1. The van der Waals surface area contributed by atoms with Gasteiger partial charge in [0.1, 0.15) is 0 Å². The fraction of sp³-hybridized carbons (Fsp3) is 0.222. The minimum atomic E-state index is -0.505. The maximum Gasteiger partial charge on any atom is 0.338 e. The van der Waals surface area contributed by atoms with Crippen LogP contribution in [0.4, 0.5) is 11.4 Å². The molecule has 0 bridgehead atoms. The molecule has 0 atom stereocenters. The zero-order valence-electron chi connectivity index (χ0n) is 8.39. The zero-order valence-corrected chi connectivity index (χ0v) is 8.39. The van der Waals surface area contributed by atoms with Crippen molar-refractivity contribution in [1.82, 2.24) is 0 Å². The van der Waals surface area contributed by atoms with Crippen molar-refractivity contribution in [1.29, 1.82) is 0 Å². The topological polar surface area (TPSA) is 101 Å². The number of hydrogen-bond acceptors (Lipinski definition) is 4. The van der Waals surface area contributed by atoms with E-state index in [4.69, 9.17) is 11.3 Å². The van der Waals surface area contributed by atoms with Crippen LogP contribution in [0.2, 0.25) is 0 Å². The summed E-state index contributed by atoms with van der Waals surface area (Å²) in [5.74, 6) is -0.505. The number of benzene rings is 1. The van der Waals surface area contributed by atoms with Crippen LogP contribution in [0.5, 0.6) is 0 Å². The number of rotatable bonds is 2. The molecule has 6 heteroatoms. The fourth-order valence-electron chi connectivity index (χ4n) is 1.19. The number of nitrogens with two attached hydrogens (primary N) is 1. The molecule has 6 nitrogen and oxygen atoms in total. The zero-order chi connectivity index (χ0) is 11.4. The lowest BCUT2D eigenvalue weighted by atomic mass is 10.1. The number of nitrogen functional groups attached to an aromatic ring is 1. The van der Waals surface area contributed by atoms with Gasteiger partial charge < -0.3 is 10.5 Å². The summed E-state index contributed by atoms with van der Waals surface area (Å²) in [6, 6.07) is 2.99. The van der Waals surface area contributed by atoms with E-state index in [1.165, 1.54) is 19.2 Å². The molecule has 0 saturated heterocycles. The highest BCUT2D eigenvalue weighted by molar-refractivity contribution is 5.93. The third-order valence-electron chi connectivity index (χ3n) is 1.96. The second-order valence-electron chi connectivity index (χ2n) is 2.89. The summed E-state index contributed by atoms with van der Waals surface area (Å²) in [5.41, 5.74) is 15.4. The van der Waals surface area contributed by atoms with E-state index in [-0.39, 0.29) is 0 Å². The largest absolute Gasteiger partial charge is 0.465 e. The Hall–Kier alpha value is -2.20. The number of carbonyl (C=O) groups excluding carboxylic acids is 1. The predicted octanol–water partition coefficient (Wildman–Crippen LogP) is 2.31. The summed E-state index contributed by atoms with van der Waals surface area (Å²) in [6.07, 6.45) is 0. The van der Waals surface area contributed by atoms with E-state index >= 15 is 0 Å². The summed E-state index contributed by atoms with van der Waals surface area (Å²) in [6.45, 7) is 1.66. The van der Waals surface area contributed by atoms with Crippen molar-refractivity contribution >= 4 is 17.3 Å². The molecular weight excluding hydrogens is 196 g/mol. The molecule has 0 heterocycles. The average molecular weight is 206 g/mol. The monoisotopic (exact) mass is 206 g/mol. The van der Waals surface area contributed by atoms with Crippen LogP contribution in [0.3, 0.4) is 0 Å². The highest BCUT2D eigenvalue weighted by Gasteiger charge is 2.12. The fourth-order valence-corrected chi connectivity index (χ4v) is 1.19. The minimum absolute atomic E-state index is 0.305. The van der Waals surface area contributed by atoms with Crippen LogP contribution in [0, 0.1) is 6.92 Å². The highest BCUT2D eigenvalue weighted by atomic mass is 16.5. The number of esters is 1. The van der Waals surface area contributed by atoms with E-state index in [0.29, 0.717) is 22.5 Å². The van der Waals surface area contributed by atoms with E-state index in [1.54, 1.807) is 6.92 Å². The van der Waals surface area contributed by atoms with Crippen molar-refractivity contribution in [3.05, 3.63) is 33.7 Å². The molecule has 0 fully saturated rings. The summed E-state index contributed by atoms with van der Waals surface area (Å²) in [4.78, 5) is 14.0. The average Bonchev–Trinajstić information content (AvgIpc) is 2.22. The van der Waals surface area contributed by atoms with Gasteiger partial charge >= 0.3 is 5.97 Å². The van der Waals surface area contributed by atoms with Crippen molar-refractivity contribution in [3.63, 3.8) is 0 Å². The van der Waals surface area contributed by atoms with Gasteiger partial charge in [0.05, 0.1) is 12.7 Å². The molecule has 78 valence electrons. The second-order valence-corrected chi connectivity index (χ2v) is 2.89. The first kappa shape index (κ1) is 10.9. The van der Waals surface area contributed by atoms with Crippen molar-refractivity contribution in [2.24, 2.45) is 5.11 Å². The van der Waals surface area contributed by atoms with Gasteiger partial charge in [-0.3, -0.25) is 0 Å². The molecule has 1 rings (SSSR count). The lowest BCUT2D eigenvalue weighted by Crippen LogP contribution is -2.04. The molecule has 0 unspecified atom stereocenters. The van der Waals surface area contributed by atoms with Gasteiger partial charge in [0.15, 0.2) is 0 Å². The Kier molecular flexibility index (Phi) is 3.15. The lowest BCUT2D eigenvalue weighted by molar-refractivity contribution is 0.0600. The smallest absolute Gasteiger partial charge is 0.338 e. The van der Waals surface area contributed by atoms with E-state index in [2.05, 4.69) is 14.8 Å². The summed E-state index contributed by atoms with van der Waals surface area (Å²) < 4.78 is 4.58. The summed E-state index contributed by atoms with van der Waals surface area (Å²) in [7, 11) is 1.28. The Morgan fingerprint density at radius 3 is 2.80 bits per heavy atom.